The molecule has 2 aromatic heterocycles. The maximum atomic E-state index is 12.9. The Hall–Kier alpha value is -3.13. The van der Waals surface area contributed by atoms with E-state index in [9.17, 15) is 9.59 Å². The Bertz CT molecular complexity index is 1090. The minimum atomic E-state index is -0.360. The van der Waals surface area contributed by atoms with Crippen molar-refractivity contribution < 1.29 is 18.7 Å². The van der Waals surface area contributed by atoms with Gasteiger partial charge < -0.3 is 19.4 Å². The van der Waals surface area contributed by atoms with Gasteiger partial charge in [0, 0.05) is 24.4 Å². The number of nitrogens with one attached hydrogen (secondary N) is 1. The lowest BCUT2D eigenvalue weighted by atomic mass is 10.1. The zero-order chi connectivity index (χ0) is 21.8. The van der Waals surface area contributed by atoms with E-state index in [1.165, 1.54) is 4.90 Å². The number of ether oxygens (including phenoxy) is 1. The number of benzene rings is 1. The number of nitrogens with zero attached hydrogens (tertiary/aromatic N) is 2. The first kappa shape index (κ1) is 21.6. The van der Waals surface area contributed by atoms with Gasteiger partial charge in [-0.25, -0.2) is 0 Å². The minimum Gasteiger partial charge on any atom is -0.496 e. The Morgan fingerprint density at radius 3 is 2.60 bits per heavy atom. The third-order valence-electron chi connectivity index (χ3n) is 4.76. The van der Waals surface area contributed by atoms with Crippen molar-refractivity contribution >= 4 is 33.4 Å². The molecule has 30 heavy (non-hydrogen) atoms. The molecule has 0 radical (unpaired) electrons. The number of rotatable bonds is 6. The molecule has 0 aliphatic carbocycles. The lowest BCUT2D eigenvalue weighted by Gasteiger charge is -2.19. The molecule has 0 aliphatic heterocycles. The molecule has 0 bridgehead atoms. The molecule has 3 rings (SSSR count). The van der Waals surface area contributed by atoms with Gasteiger partial charge in [-0.2, -0.15) is 0 Å². The highest BCUT2D eigenvalue weighted by molar-refractivity contribution is 9.10. The molecule has 2 amide bonds. The number of para-hydroxylation sites is 1. The monoisotopic (exact) mass is 471 g/mol. The second-order valence-electron chi connectivity index (χ2n) is 6.71. The normalized spacial score (nSPS) is 10.6. The van der Waals surface area contributed by atoms with E-state index >= 15 is 0 Å². The summed E-state index contributed by atoms with van der Waals surface area (Å²) in [6.45, 7) is 4.06. The average molecular weight is 472 g/mol. The quantitative estimate of drug-likeness (QED) is 0.580. The fraction of sp³-hybridized carbons (Fsp3) is 0.227. The third-order valence-corrected chi connectivity index (χ3v) is 5.19. The third kappa shape index (κ3) is 4.38. The van der Waals surface area contributed by atoms with Gasteiger partial charge >= 0.3 is 0 Å². The molecule has 0 aliphatic rings. The average Bonchev–Trinajstić information content (AvgIpc) is 3.18. The number of halogens is 1. The highest BCUT2D eigenvalue weighted by atomic mass is 79.9. The van der Waals surface area contributed by atoms with Gasteiger partial charge in [0.2, 0.25) is 0 Å². The molecule has 3 aromatic rings. The molecule has 0 atom stereocenters. The number of amides is 2. The maximum Gasteiger partial charge on any atom is 0.293 e. The van der Waals surface area contributed by atoms with Crippen LogP contribution in [0.2, 0.25) is 0 Å². The molecule has 1 aromatic carbocycles. The van der Waals surface area contributed by atoms with E-state index in [-0.39, 0.29) is 24.1 Å². The van der Waals surface area contributed by atoms with Crippen LogP contribution in [-0.2, 0) is 6.54 Å². The van der Waals surface area contributed by atoms with E-state index in [1.807, 2.05) is 13.8 Å². The van der Waals surface area contributed by atoms with E-state index < -0.39 is 0 Å². The number of furan rings is 1. The standard InChI is InChI=1S/C22H22BrN3O4/c1-13-11-24-16(14(2)20(13)29-4)12-25-21(27)15-7-5-6-8-17(15)26(3)22(28)18-9-10-19(23)30-18/h5-11H,12H2,1-4H3,(H,25,27). The van der Waals surface area contributed by atoms with Crippen LogP contribution in [0.3, 0.4) is 0 Å². The molecule has 0 saturated carbocycles. The number of anilines is 1. The first-order chi connectivity index (χ1) is 14.3. The Morgan fingerprint density at radius 2 is 1.93 bits per heavy atom. The van der Waals surface area contributed by atoms with Crippen molar-refractivity contribution in [2.24, 2.45) is 0 Å². The fourth-order valence-corrected chi connectivity index (χ4v) is 3.48. The van der Waals surface area contributed by atoms with Crippen LogP contribution < -0.4 is 15.0 Å². The van der Waals surface area contributed by atoms with Crippen LogP contribution in [0.4, 0.5) is 5.69 Å². The highest BCUT2D eigenvalue weighted by Crippen LogP contribution is 2.25. The largest absolute Gasteiger partial charge is 0.496 e. The molecule has 2 heterocycles. The first-order valence-electron chi connectivity index (χ1n) is 9.23. The van der Waals surface area contributed by atoms with Gasteiger partial charge in [-0.05, 0) is 54.0 Å². The molecule has 0 saturated heterocycles. The minimum absolute atomic E-state index is 0.172. The summed E-state index contributed by atoms with van der Waals surface area (Å²) in [5.41, 5.74) is 3.37. The van der Waals surface area contributed by atoms with Crippen LogP contribution in [0.1, 0.15) is 37.7 Å². The summed E-state index contributed by atoms with van der Waals surface area (Å²) < 4.78 is 11.2. The molecule has 8 heteroatoms. The van der Waals surface area contributed by atoms with Crippen molar-refractivity contribution in [1.82, 2.24) is 10.3 Å². The van der Waals surface area contributed by atoms with Gasteiger partial charge in [-0.1, -0.05) is 12.1 Å². The lowest BCUT2D eigenvalue weighted by molar-refractivity contribution is 0.0950. The predicted octanol–water partition coefficient (Wildman–Crippen LogP) is 4.27. The smallest absolute Gasteiger partial charge is 0.293 e. The Kier molecular flexibility index (Phi) is 6.56. The van der Waals surface area contributed by atoms with Crippen LogP contribution in [-0.4, -0.2) is 31.0 Å². The summed E-state index contributed by atoms with van der Waals surface area (Å²) >= 11 is 3.19. The predicted molar refractivity (Wildman–Crippen MR) is 117 cm³/mol. The van der Waals surface area contributed by atoms with E-state index in [1.54, 1.807) is 56.8 Å². The highest BCUT2D eigenvalue weighted by Gasteiger charge is 2.22. The number of methoxy groups -OCH3 is 1. The van der Waals surface area contributed by atoms with Crippen molar-refractivity contribution in [1.29, 1.82) is 0 Å². The molecule has 0 spiro atoms. The number of pyridine rings is 1. The Labute approximate surface area is 183 Å². The number of hydrogen-bond acceptors (Lipinski definition) is 5. The topological polar surface area (TPSA) is 84.7 Å². The molecule has 1 N–H and O–H groups in total. The van der Waals surface area contributed by atoms with Crippen LogP contribution in [0.25, 0.3) is 0 Å². The summed E-state index contributed by atoms with van der Waals surface area (Å²) in [6, 6.07) is 10.1. The summed E-state index contributed by atoms with van der Waals surface area (Å²) in [5, 5.41) is 2.88. The lowest BCUT2D eigenvalue weighted by Crippen LogP contribution is -2.30. The molecule has 0 unspecified atom stereocenters. The van der Waals surface area contributed by atoms with E-state index in [4.69, 9.17) is 9.15 Å². The number of aryl methyl sites for hydroxylation is 1. The maximum absolute atomic E-state index is 12.9. The second kappa shape index (κ2) is 9.13. The van der Waals surface area contributed by atoms with E-state index in [0.29, 0.717) is 21.6 Å². The van der Waals surface area contributed by atoms with Crippen molar-refractivity contribution in [2.45, 2.75) is 20.4 Å². The molecule has 0 fully saturated rings. The number of aromatic nitrogens is 1. The van der Waals surface area contributed by atoms with Crippen molar-refractivity contribution in [3.63, 3.8) is 0 Å². The summed E-state index contributed by atoms with van der Waals surface area (Å²) in [7, 11) is 3.21. The molecule has 7 nitrogen and oxygen atoms in total. The second-order valence-corrected chi connectivity index (χ2v) is 7.50. The Morgan fingerprint density at radius 1 is 1.20 bits per heavy atom. The van der Waals surface area contributed by atoms with E-state index in [0.717, 1.165) is 16.9 Å². The Balaban J connectivity index is 1.80. The summed E-state index contributed by atoms with van der Waals surface area (Å²) in [5.74, 6) is 0.254. The van der Waals surface area contributed by atoms with Gasteiger partial charge in [0.15, 0.2) is 10.4 Å². The van der Waals surface area contributed by atoms with Gasteiger partial charge in [0.05, 0.1) is 30.6 Å². The van der Waals surface area contributed by atoms with Gasteiger partial charge in [-0.15, -0.1) is 0 Å². The van der Waals surface area contributed by atoms with Crippen molar-refractivity contribution in [3.05, 3.63) is 75.4 Å². The first-order valence-corrected chi connectivity index (χ1v) is 10.0. The fourth-order valence-electron chi connectivity index (χ4n) is 3.17. The van der Waals surface area contributed by atoms with E-state index in [2.05, 4.69) is 26.2 Å². The van der Waals surface area contributed by atoms with Gasteiger partial charge in [0.25, 0.3) is 11.8 Å². The van der Waals surface area contributed by atoms with Crippen LogP contribution in [0.15, 0.2) is 51.7 Å². The van der Waals surface area contributed by atoms with Crippen molar-refractivity contribution in [3.8, 4) is 5.75 Å². The zero-order valence-corrected chi connectivity index (χ0v) is 18.7. The van der Waals surface area contributed by atoms with Crippen LogP contribution in [0, 0.1) is 13.8 Å². The summed E-state index contributed by atoms with van der Waals surface area (Å²) in [4.78, 5) is 31.4. The van der Waals surface area contributed by atoms with Crippen LogP contribution >= 0.6 is 15.9 Å². The number of hydrogen-bond donors (Lipinski definition) is 1. The SMILES string of the molecule is COc1c(C)cnc(CNC(=O)c2ccccc2N(C)C(=O)c2ccc(Br)o2)c1C. The van der Waals surface area contributed by atoms with Crippen molar-refractivity contribution in [2.75, 3.05) is 19.1 Å². The molecular weight excluding hydrogens is 450 g/mol. The summed E-state index contributed by atoms with van der Waals surface area (Å²) in [6.07, 6.45) is 1.72. The zero-order valence-electron chi connectivity index (χ0n) is 17.2. The number of carbonyl (C=O) groups is 2. The number of carbonyl (C=O) groups excluding carboxylic acids is 2. The van der Waals surface area contributed by atoms with Crippen LogP contribution in [0.5, 0.6) is 5.75 Å². The van der Waals surface area contributed by atoms with Gasteiger partial charge in [0.1, 0.15) is 5.75 Å². The molecular formula is C22H22BrN3O4. The molecule has 156 valence electrons. The van der Waals surface area contributed by atoms with Gasteiger partial charge in [-0.3, -0.25) is 14.6 Å².